The number of aromatic nitrogens is 3. The molecule has 0 aliphatic carbocycles. The number of carboxylic acids is 1. The Balaban J connectivity index is 1.62. The van der Waals surface area contributed by atoms with Gasteiger partial charge in [-0.25, -0.2) is 14.8 Å². The molecule has 0 spiro atoms. The van der Waals surface area contributed by atoms with E-state index in [4.69, 9.17) is 9.72 Å². The minimum absolute atomic E-state index is 0.00823. The fourth-order valence-electron chi connectivity index (χ4n) is 3.94. The third kappa shape index (κ3) is 4.53. The van der Waals surface area contributed by atoms with Crippen molar-refractivity contribution in [1.82, 2.24) is 19.9 Å². The lowest BCUT2D eigenvalue weighted by molar-refractivity contribution is -0.127. The van der Waals surface area contributed by atoms with Crippen molar-refractivity contribution in [2.24, 2.45) is 5.92 Å². The number of rotatable bonds is 9. The van der Waals surface area contributed by atoms with Crippen LogP contribution >= 0.6 is 11.3 Å². The highest BCUT2D eigenvalue weighted by molar-refractivity contribution is 7.12. The summed E-state index contributed by atoms with van der Waals surface area (Å²) in [6, 6.07) is 1.75. The molecule has 1 unspecified atom stereocenters. The Hall–Kier alpha value is -3.31. The van der Waals surface area contributed by atoms with Crippen molar-refractivity contribution >= 4 is 40.1 Å². The van der Waals surface area contributed by atoms with Crippen molar-refractivity contribution in [3.8, 4) is 5.13 Å². The summed E-state index contributed by atoms with van der Waals surface area (Å²) < 4.78 is 6.98. The molecule has 2 N–H and O–H groups in total. The van der Waals surface area contributed by atoms with Crippen molar-refractivity contribution in [3.63, 3.8) is 0 Å². The average Bonchev–Trinajstić information content (AvgIpc) is 3.30. The Kier molecular flexibility index (Phi) is 6.94. The Morgan fingerprint density at radius 1 is 1.35 bits per heavy atom. The van der Waals surface area contributed by atoms with Gasteiger partial charge in [0.1, 0.15) is 11.4 Å². The van der Waals surface area contributed by atoms with E-state index in [1.807, 2.05) is 18.7 Å². The first kappa shape index (κ1) is 23.8. The van der Waals surface area contributed by atoms with Crippen LogP contribution in [0.5, 0.6) is 0 Å². The number of aryl methyl sites for hydroxylation is 1. The Morgan fingerprint density at radius 2 is 2.12 bits per heavy atom. The molecule has 1 aliphatic heterocycles. The van der Waals surface area contributed by atoms with E-state index in [-0.39, 0.29) is 28.8 Å². The summed E-state index contributed by atoms with van der Waals surface area (Å²) in [5.41, 5.74) is 0.0517. The molecule has 0 aromatic carbocycles. The minimum Gasteiger partial charge on any atom is -0.477 e. The largest absolute Gasteiger partial charge is 0.477 e. The topological polar surface area (TPSA) is 127 Å². The van der Waals surface area contributed by atoms with Crippen LogP contribution in [0.4, 0.5) is 5.82 Å². The number of amides is 1. The van der Waals surface area contributed by atoms with Crippen molar-refractivity contribution < 1.29 is 19.4 Å². The van der Waals surface area contributed by atoms with E-state index in [0.29, 0.717) is 48.5 Å². The summed E-state index contributed by atoms with van der Waals surface area (Å²) in [7, 11) is 0. The van der Waals surface area contributed by atoms with Crippen LogP contribution in [0.1, 0.15) is 36.2 Å². The maximum absolute atomic E-state index is 12.9. The maximum atomic E-state index is 12.9. The summed E-state index contributed by atoms with van der Waals surface area (Å²) in [6.07, 6.45) is 3.67. The van der Waals surface area contributed by atoms with Gasteiger partial charge in [0.05, 0.1) is 24.0 Å². The zero-order valence-electron chi connectivity index (χ0n) is 19.3. The highest BCUT2D eigenvalue weighted by Gasteiger charge is 2.35. The number of ether oxygens (including phenoxy) is 1. The van der Waals surface area contributed by atoms with E-state index in [0.717, 1.165) is 6.42 Å². The first-order chi connectivity index (χ1) is 16.3. The zero-order valence-corrected chi connectivity index (χ0v) is 20.1. The molecule has 10 nitrogen and oxygen atoms in total. The van der Waals surface area contributed by atoms with E-state index in [2.05, 4.69) is 10.3 Å². The molecule has 4 rings (SSSR count). The third-order valence-corrected chi connectivity index (χ3v) is 6.71. The average molecular weight is 486 g/mol. The Bertz CT molecular complexity index is 1270. The van der Waals surface area contributed by atoms with Crippen LogP contribution in [0.15, 0.2) is 28.6 Å². The molecule has 1 aliphatic rings. The van der Waals surface area contributed by atoms with Crippen LogP contribution in [0, 0.1) is 12.8 Å². The predicted octanol–water partition coefficient (Wildman–Crippen LogP) is 2.22. The molecule has 1 saturated heterocycles. The molecule has 3 aromatic heterocycles. The highest BCUT2D eigenvalue weighted by atomic mass is 32.1. The lowest BCUT2D eigenvalue weighted by Gasteiger charge is -2.40. The predicted molar refractivity (Wildman–Crippen MR) is 129 cm³/mol. The molecule has 3 aromatic rings. The van der Waals surface area contributed by atoms with Crippen molar-refractivity contribution in [2.45, 2.75) is 33.2 Å². The van der Waals surface area contributed by atoms with Crippen LogP contribution in [0.25, 0.3) is 16.2 Å². The van der Waals surface area contributed by atoms with Crippen LogP contribution in [-0.2, 0) is 9.53 Å². The molecule has 0 radical (unpaired) electrons. The number of hydrogen-bond acceptors (Lipinski definition) is 8. The molecule has 0 saturated carbocycles. The Labute approximate surface area is 200 Å². The van der Waals surface area contributed by atoms with E-state index < -0.39 is 11.4 Å². The Morgan fingerprint density at radius 3 is 2.74 bits per heavy atom. The number of nitrogens with zero attached hydrogens (tertiary/aromatic N) is 4. The summed E-state index contributed by atoms with van der Waals surface area (Å²) in [5.74, 6) is -0.842. The number of carbonyl (C=O) groups excluding carboxylic acids is 1. The smallest absolute Gasteiger partial charge is 0.341 e. The van der Waals surface area contributed by atoms with Crippen LogP contribution in [-0.4, -0.2) is 63.9 Å². The van der Waals surface area contributed by atoms with Gasteiger partial charge in [0.2, 0.25) is 11.3 Å². The molecule has 11 heteroatoms. The van der Waals surface area contributed by atoms with E-state index in [1.165, 1.54) is 17.5 Å². The van der Waals surface area contributed by atoms with Gasteiger partial charge in [-0.1, -0.05) is 6.92 Å². The van der Waals surface area contributed by atoms with E-state index in [9.17, 15) is 19.5 Å². The number of pyridine rings is 2. The summed E-state index contributed by atoms with van der Waals surface area (Å²) in [6.45, 7) is 7.80. The van der Waals surface area contributed by atoms with Gasteiger partial charge in [-0.05, 0) is 31.9 Å². The molecule has 1 fully saturated rings. The number of anilines is 1. The molecule has 4 heterocycles. The van der Waals surface area contributed by atoms with Gasteiger partial charge in [0.15, 0.2) is 10.8 Å². The molecule has 1 amide bonds. The fraction of sp³-hybridized carbons (Fsp3) is 0.435. The van der Waals surface area contributed by atoms with Crippen LogP contribution in [0.2, 0.25) is 0 Å². The first-order valence-electron chi connectivity index (χ1n) is 11.2. The summed E-state index contributed by atoms with van der Waals surface area (Å²) in [4.78, 5) is 48.2. The monoisotopic (exact) mass is 485 g/mol. The van der Waals surface area contributed by atoms with Gasteiger partial charge in [-0.2, -0.15) is 0 Å². The van der Waals surface area contributed by atoms with Gasteiger partial charge in [-0.15, -0.1) is 11.3 Å². The number of carboxylic acid groups (broad SMARTS) is 1. The molecular formula is C23H27N5O5S. The third-order valence-electron chi connectivity index (χ3n) is 5.94. The second kappa shape index (κ2) is 9.90. The molecular weight excluding hydrogens is 458 g/mol. The fourth-order valence-corrected chi connectivity index (χ4v) is 4.56. The number of aromatic carboxylic acids is 1. The SMILES string of the molecule is CCOCC(CC)NC(=O)C1CN(c2cc(C)c3c(=O)c(C(=O)O)cn(-c4nccs4)c3n2)C1. The second-order valence-electron chi connectivity index (χ2n) is 8.23. The zero-order chi connectivity index (χ0) is 24.4. The summed E-state index contributed by atoms with van der Waals surface area (Å²) >= 11 is 1.31. The number of carbonyl (C=O) groups is 2. The minimum atomic E-state index is -1.30. The normalized spacial score (nSPS) is 14.7. The van der Waals surface area contributed by atoms with Crippen LogP contribution in [0.3, 0.4) is 0 Å². The first-order valence-corrected chi connectivity index (χ1v) is 12.0. The number of fused-ring (bicyclic) bond motifs is 1. The van der Waals surface area contributed by atoms with Crippen LogP contribution < -0.4 is 15.6 Å². The van der Waals surface area contributed by atoms with Crippen molar-refractivity contribution in [2.75, 3.05) is 31.2 Å². The number of nitrogens with one attached hydrogen (secondary N) is 1. The van der Waals surface area contributed by atoms with E-state index >= 15 is 0 Å². The maximum Gasteiger partial charge on any atom is 0.341 e. The molecule has 180 valence electrons. The molecule has 1 atom stereocenters. The van der Waals surface area contributed by atoms with Gasteiger partial charge < -0.3 is 20.1 Å². The van der Waals surface area contributed by atoms with Gasteiger partial charge >= 0.3 is 5.97 Å². The quantitative estimate of drug-likeness (QED) is 0.472. The molecule has 0 bridgehead atoms. The van der Waals surface area contributed by atoms with Gasteiger partial charge in [-0.3, -0.25) is 14.2 Å². The second-order valence-corrected chi connectivity index (χ2v) is 9.11. The highest BCUT2D eigenvalue weighted by Crippen LogP contribution is 2.28. The number of hydrogen-bond donors (Lipinski definition) is 2. The lowest BCUT2D eigenvalue weighted by Crippen LogP contribution is -2.56. The molecule has 34 heavy (non-hydrogen) atoms. The van der Waals surface area contributed by atoms with Crippen molar-refractivity contribution in [3.05, 3.63) is 45.2 Å². The summed E-state index contributed by atoms with van der Waals surface area (Å²) in [5, 5.41) is 15.1. The standard InChI is InChI=1S/C23H27N5O5S/c1-4-15(12-33-5-2)25-21(30)14-9-27(10-14)17-8-13(3)18-19(29)16(22(31)32)11-28(20(18)26-17)23-24-6-7-34-23/h6-8,11,14-15H,4-5,9-10,12H2,1-3H3,(H,25,30)(H,31,32). The van der Waals surface area contributed by atoms with Gasteiger partial charge in [0, 0.05) is 37.5 Å². The van der Waals surface area contributed by atoms with Gasteiger partial charge in [0.25, 0.3) is 0 Å². The number of thiazole rings is 1. The van der Waals surface area contributed by atoms with E-state index in [1.54, 1.807) is 29.1 Å². The lowest BCUT2D eigenvalue weighted by atomic mass is 9.98. The van der Waals surface area contributed by atoms with Crippen molar-refractivity contribution in [1.29, 1.82) is 0 Å².